The van der Waals surface area contributed by atoms with Gasteiger partial charge in [-0.1, -0.05) is 26.7 Å². The zero-order chi connectivity index (χ0) is 17.8. The molecule has 0 bridgehead atoms. The van der Waals surface area contributed by atoms with Crippen LogP contribution in [-0.2, 0) is 4.79 Å². The van der Waals surface area contributed by atoms with E-state index in [1.54, 1.807) is 0 Å². The van der Waals surface area contributed by atoms with Crippen molar-refractivity contribution in [3.63, 3.8) is 0 Å². The second-order valence-corrected chi connectivity index (χ2v) is 10.1. The number of carbonyl (C=O) groups is 1. The average Bonchev–Trinajstić information content (AvgIpc) is 2.92. The topological polar surface area (TPSA) is 61.1 Å². The van der Waals surface area contributed by atoms with E-state index in [4.69, 9.17) is 0 Å². The van der Waals surface area contributed by atoms with Gasteiger partial charge in [0.25, 0.3) is 0 Å². The fourth-order valence-corrected chi connectivity index (χ4v) is 8.20. The number of aliphatic carboxylic acids is 1. The van der Waals surface area contributed by atoms with Crippen LogP contribution in [0.2, 0.25) is 0 Å². The van der Waals surface area contributed by atoms with Crippen molar-refractivity contribution in [1.82, 2.24) is 0 Å². The van der Waals surface area contributed by atoms with Gasteiger partial charge in [-0.3, -0.25) is 4.79 Å². The van der Waals surface area contributed by atoms with Crippen molar-refractivity contribution in [2.24, 2.45) is 46.3 Å². The fourth-order valence-electron chi connectivity index (χ4n) is 8.20. The van der Waals surface area contributed by atoms with Crippen molar-refractivity contribution >= 4 is 5.97 Å². The van der Waals surface area contributed by atoms with Gasteiger partial charge < -0.3 is 5.11 Å². The fraction of sp³-hybridized carbons (Fsp3) is 0.909. The molecule has 138 valence electrons. The van der Waals surface area contributed by atoms with Crippen LogP contribution in [0.1, 0.15) is 78.1 Å². The van der Waals surface area contributed by atoms with Crippen molar-refractivity contribution in [1.29, 1.82) is 5.26 Å². The summed E-state index contributed by atoms with van der Waals surface area (Å²) in [5.41, 5.74) is 0.597. The largest absolute Gasteiger partial charge is 0.480 e. The lowest BCUT2D eigenvalue weighted by atomic mass is 9.44. The van der Waals surface area contributed by atoms with Crippen LogP contribution in [0.5, 0.6) is 0 Å². The van der Waals surface area contributed by atoms with E-state index in [0.717, 1.165) is 37.0 Å². The summed E-state index contributed by atoms with van der Waals surface area (Å²) in [7, 11) is 0. The first kappa shape index (κ1) is 17.4. The van der Waals surface area contributed by atoms with E-state index >= 15 is 0 Å². The standard InChI is InChI=1S/C22H33NO2/c1-21-11-4-3-5-14(21)6-7-15-17-8-9-18(16(13-23)20(24)25)22(17,2)12-10-19(15)21/h14-19H,3-12H2,1-2H3,(H,24,25)/t14?,15-,16?,17-,18+,19-,21-,22-/m0/s1. The summed E-state index contributed by atoms with van der Waals surface area (Å²) in [5, 5.41) is 19.0. The minimum absolute atomic E-state index is 0.0536. The lowest BCUT2D eigenvalue weighted by Crippen LogP contribution is -2.53. The van der Waals surface area contributed by atoms with Gasteiger partial charge in [0.15, 0.2) is 0 Å². The quantitative estimate of drug-likeness (QED) is 0.744. The number of rotatable bonds is 2. The zero-order valence-corrected chi connectivity index (χ0v) is 15.8. The third kappa shape index (κ3) is 2.39. The molecule has 4 aliphatic rings. The zero-order valence-electron chi connectivity index (χ0n) is 15.8. The molecule has 4 aliphatic carbocycles. The molecule has 3 nitrogen and oxygen atoms in total. The van der Waals surface area contributed by atoms with E-state index in [1.807, 2.05) is 0 Å². The molecule has 2 unspecified atom stereocenters. The predicted octanol–water partition coefficient (Wildman–Crippen LogP) is 5.26. The van der Waals surface area contributed by atoms with Crippen LogP contribution >= 0.6 is 0 Å². The van der Waals surface area contributed by atoms with E-state index in [2.05, 4.69) is 19.9 Å². The SMILES string of the molecule is C[C@]12CC[C@H]3[C@@H](CCC4CCCC[C@@]43C)[C@@H]1CC[C@@H]2C(C#N)C(=O)O. The summed E-state index contributed by atoms with van der Waals surface area (Å²) in [4.78, 5) is 11.6. The van der Waals surface area contributed by atoms with Crippen molar-refractivity contribution in [3.05, 3.63) is 0 Å². The Morgan fingerprint density at radius 3 is 2.48 bits per heavy atom. The summed E-state index contributed by atoms with van der Waals surface area (Å²) < 4.78 is 0. The molecule has 0 aromatic heterocycles. The van der Waals surface area contributed by atoms with Crippen molar-refractivity contribution in [2.45, 2.75) is 78.1 Å². The first-order valence-electron chi connectivity index (χ1n) is 10.5. The van der Waals surface area contributed by atoms with E-state index in [-0.39, 0.29) is 11.3 Å². The molecular formula is C22H33NO2. The molecule has 25 heavy (non-hydrogen) atoms. The summed E-state index contributed by atoms with van der Waals surface area (Å²) in [6, 6.07) is 2.13. The first-order chi connectivity index (χ1) is 11.9. The lowest BCUT2D eigenvalue weighted by molar-refractivity contribution is -0.146. The second kappa shape index (κ2) is 6.00. The minimum Gasteiger partial charge on any atom is -0.480 e. The van der Waals surface area contributed by atoms with Crippen molar-refractivity contribution < 1.29 is 9.90 Å². The van der Waals surface area contributed by atoms with Gasteiger partial charge in [0.05, 0.1) is 6.07 Å². The Hall–Kier alpha value is -1.04. The number of carboxylic acid groups (broad SMARTS) is 1. The van der Waals surface area contributed by atoms with Crippen LogP contribution < -0.4 is 0 Å². The summed E-state index contributed by atoms with van der Waals surface area (Å²) >= 11 is 0. The van der Waals surface area contributed by atoms with Gasteiger partial charge in [0.2, 0.25) is 0 Å². The minimum atomic E-state index is -0.903. The Labute approximate surface area is 152 Å². The third-order valence-electron chi connectivity index (χ3n) is 9.46. The molecule has 0 saturated heterocycles. The Bertz CT molecular complexity index is 595. The van der Waals surface area contributed by atoms with Gasteiger partial charge in [0.1, 0.15) is 5.92 Å². The number of hydrogen-bond acceptors (Lipinski definition) is 2. The van der Waals surface area contributed by atoms with Gasteiger partial charge in [-0.15, -0.1) is 0 Å². The molecule has 4 fully saturated rings. The highest BCUT2D eigenvalue weighted by Gasteiger charge is 2.61. The van der Waals surface area contributed by atoms with E-state index in [9.17, 15) is 15.2 Å². The number of fused-ring (bicyclic) bond motifs is 5. The van der Waals surface area contributed by atoms with Gasteiger partial charge in [-0.2, -0.15) is 5.26 Å². The Balaban J connectivity index is 1.62. The number of hydrogen-bond donors (Lipinski definition) is 1. The highest BCUT2D eigenvalue weighted by molar-refractivity contribution is 5.73. The Morgan fingerprint density at radius 1 is 1.00 bits per heavy atom. The van der Waals surface area contributed by atoms with Crippen LogP contribution in [0.25, 0.3) is 0 Å². The summed E-state index contributed by atoms with van der Waals surface area (Å²) in [6.07, 6.45) is 12.9. The first-order valence-corrected chi connectivity index (χ1v) is 10.5. The number of carboxylic acids is 1. The van der Waals surface area contributed by atoms with Gasteiger partial charge in [-0.25, -0.2) is 0 Å². The van der Waals surface area contributed by atoms with Crippen LogP contribution in [0, 0.1) is 57.7 Å². The Kier molecular flexibility index (Phi) is 4.17. The molecule has 1 N–H and O–H groups in total. The maximum absolute atomic E-state index is 11.6. The smallest absolute Gasteiger partial charge is 0.321 e. The van der Waals surface area contributed by atoms with E-state index < -0.39 is 11.9 Å². The molecule has 0 aromatic rings. The third-order valence-corrected chi connectivity index (χ3v) is 9.46. The van der Waals surface area contributed by atoms with Gasteiger partial charge >= 0.3 is 5.97 Å². The molecule has 0 aromatic carbocycles. The highest BCUT2D eigenvalue weighted by Crippen LogP contribution is 2.68. The molecule has 4 saturated carbocycles. The maximum atomic E-state index is 11.6. The van der Waals surface area contributed by atoms with Crippen molar-refractivity contribution in [2.75, 3.05) is 0 Å². The van der Waals surface area contributed by atoms with Crippen LogP contribution in [0.15, 0.2) is 0 Å². The van der Waals surface area contributed by atoms with Gasteiger partial charge in [-0.05, 0) is 91.8 Å². The predicted molar refractivity (Wildman–Crippen MR) is 96.6 cm³/mol. The molecule has 0 heterocycles. The molecule has 0 radical (unpaired) electrons. The summed E-state index contributed by atoms with van der Waals surface area (Å²) in [5.74, 6) is 1.52. The van der Waals surface area contributed by atoms with E-state index in [0.29, 0.717) is 11.3 Å². The molecule has 3 heteroatoms. The molecule has 0 spiro atoms. The van der Waals surface area contributed by atoms with Crippen LogP contribution in [0.3, 0.4) is 0 Å². The monoisotopic (exact) mass is 343 g/mol. The second-order valence-electron chi connectivity index (χ2n) is 10.1. The summed E-state index contributed by atoms with van der Waals surface area (Å²) in [6.45, 7) is 4.91. The lowest BCUT2D eigenvalue weighted by Gasteiger charge is -2.60. The number of nitriles is 1. The maximum Gasteiger partial charge on any atom is 0.321 e. The number of nitrogens with zero attached hydrogens (tertiary/aromatic N) is 1. The van der Waals surface area contributed by atoms with Crippen LogP contribution in [0.4, 0.5) is 0 Å². The molecule has 0 amide bonds. The normalized spacial score (nSPS) is 50.0. The molecule has 4 rings (SSSR count). The van der Waals surface area contributed by atoms with Gasteiger partial charge in [0, 0.05) is 0 Å². The average molecular weight is 344 g/mol. The molecule has 0 aliphatic heterocycles. The van der Waals surface area contributed by atoms with E-state index in [1.165, 1.54) is 44.9 Å². The Morgan fingerprint density at radius 2 is 1.76 bits per heavy atom. The molecular weight excluding hydrogens is 310 g/mol. The molecule has 8 atom stereocenters. The van der Waals surface area contributed by atoms with Crippen molar-refractivity contribution in [3.8, 4) is 6.07 Å². The van der Waals surface area contributed by atoms with Crippen LogP contribution in [-0.4, -0.2) is 11.1 Å². The highest BCUT2D eigenvalue weighted by atomic mass is 16.4.